The number of esters is 1. The molecule has 0 aliphatic heterocycles. The van der Waals surface area contributed by atoms with E-state index in [4.69, 9.17) is 16.3 Å². The zero-order valence-corrected chi connectivity index (χ0v) is 18.8. The molecule has 0 saturated heterocycles. The van der Waals surface area contributed by atoms with Gasteiger partial charge < -0.3 is 14.6 Å². The number of benzene rings is 3. The van der Waals surface area contributed by atoms with E-state index in [1.54, 1.807) is 72.8 Å². The van der Waals surface area contributed by atoms with Crippen molar-refractivity contribution in [3.05, 3.63) is 99.9 Å². The number of nitrogens with one attached hydrogen (secondary N) is 1. The number of carbonyl (C=O) groups excluding carboxylic acids is 2. The van der Waals surface area contributed by atoms with E-state index in [0.717, 1.165) is 0 Å². The van der Waals surface area contributed by atoms with Gasteiger partial charge in [-0.25, -0.2) is 4.79 Å². The number of hydrogen-bond donors (Lipinski definition) is 1. The Kier molecular flexibility index (Phi) is 6.29. The number of anilines is 1. The fraction of sp³-hybridized carbons (Fsp3) is 0.115. The molecule has 7 heteroatoms. The van der Waals surface area contributed by atoms with Gasteiger partial charge in [0.2, 0.25) is 0 Å². The van der Waals surface area contributed by atoms with Gasteiger partial charge in [-0.05, 0) is 48.2 Å². The van der Waals surface area contributed by atoms with E-state index >= 15 is 0 Å². The van der Waals surface area contributed by atoms with Crippen LogP contribution in [0.15, 0.2) is 83.7 Å². The summed E-state index contributed by atoms with van der Waals surface area (Å²) in [6.07, 6.45) is -1.09. The van der Waals surface area contributed by atoms with Crippen LogP contribution in [-0.4, -0.2) is 22.5 Å². The number of fused-ring (bicyclic) bond motifs is 1. The van der Waals surface area contributed by atoms with Crippen molar-refractivity contribution >= 4 is 39.9 Å². The lowest BCUT2D eigenvalue weighted by atomic mass is 9.96. The monoisotopic (exact) mass is 460 g/mol. The first-order valence-electron chi connectivity index (χ1n) is 10.3. The lowest BCUT2D eigenvalue weighted by Gasteiger charge is -2.19. The van der Waals surface area contributed by atoms with E-state index in [2.05, 4.69) is 5.32 Å². The number of aromatic nitrogens is 1. The van der Waals surface area contributed by atoms with Gasteiger partial charge in [0.25, 0.3) is 11.5 Å². The third kappa shape index (κ3) is 4.52. The lowest BCUT2D eigenvalue weighted by Crippen LogP contribution is -2.32. The highest BCUT2D eigenvalue weighted by Gasteiger charge is 2.26. The first-order valence-corrected chi connectivity index (χ1v) is 10.7. The summed E-state index contributed by atoms with van der Waals surface area (Å²) in [4.78, 5) is 38.9. The molecule has 0 aliphatic rings. The van der Waals surface area contributed by atoms with Crippen LogP contribution in [0.4, 0.5) is 5.69 Å². The highest BCUT2D eigenvalue weighted by Crippen LogP contribution is 2.32. The topological polar surface area (TPSA) is 77.4 Å². The number of rotatable bonds is 5. The zero-order chi connectivity index (χ0) is 23.5. The fourth-order valence-electron chi connectivity index (χ4n) is 3.65. The average Bonchev–Trinajstić information content (AvgIpc) is 2.82. The normalized spacial score (nSPS) is 11.7. The van der Waals surface area contributed by atoms with Crippen molar-refractivity contribution in [1.29, 1.82) is 0 Å². The molecule has 1 N–H and O–H groups in total. The molecular formula is C26H21ClN2O4. The maximum atomic E-state index is 13.3. The number of nitrogens with zero attached hydrogens (tertiary/aromatic N) is 1. The molecule has 1 heterocycles. The van der Waals surface area contributed by atoms with Crippen LogP contribution in [0, 0.1) is 0 Å². The molecule has 0 fully saturated rings. The third-order valence-electron chi connectivity index (χ3n) is 5.32. The quantitative estimate of drug-likeness (QED) is 0.423. The highest BCUT2D eigenvalue weighted by molar-refractivity contribution is 6.30. The van der Waals surface area contributed by atoms with Gasteiger partial charge in [0, 0.05) is 28.7 Å². The molecule has 3 aromatic carbocycles. The third-order valence-corrected chi connectivity index (χ3v) is 5.58. The molecule has 6 nitrogen and oxygen atoms in total. The summed E-state index contributed by atoms with van der Waals surface area (Å²) in [5.41, 5.74) is 1.53. The van der Waals surface area contributed by atoms with Crippen LogP contribution in [0.25, 0.3) is 21.9 Å². The SMILES string of the molecule is CC(OC(=O)c1c(-c2ccc(Cl)cc2)c2ccccc2c(=O)n1C)C(=O)Nc1ccccc1. The average molecular weight is 461 g/mol. The standard InChI is InChI=1S/C26H21ClN2O4/c1-16(24(30)28-19-8-4-3-5-9-19)33-26(32)23-22(17-12-14-18(27)15-13-17)20-10-6-7-11-21(20)25(31)29(23)2/h3-16H,1-2H3,(H,28,30). The largest absolute Gasteiger partial charge is 0.448 e. The van der Waals surface area contributed by atoms with Crippen molar-refractivity contribution in [2.24, 2.45) is 7.05 Å². The van der Waals surface area contributed by atoms with Gasteiger partial charge in [0.05, 0.1) is 0 Å². The van der Waals surface area contributed by atoms with E-state index in [1.165, 1.54) is 18.5 Å². The lowest BCUT2D eigenvalue weighted by molar-refractivity contribution is -0.123. The minimum absolute atomic E-state index is 0.0559. The Bertz CT molecular complexity index is 1400. The molecule has 0 spiro atoms. The first kappa shape index (κ1) is 22.3. The predicted molar refractivity (Wildman–Crippen MR) is 130 cm³/mol. The van der Waals surface area contributed by atoms with E-state index in [-0.39, 0.29) is 11.3 Å². The molecule has 4 aromatic rings. The van der Waals surface area contributed by atoms with Gasteiger partial charge in [-0.1, -0.05) is 60.1 Å². The number of ether oxygens (including phenoxy) is 1. The molecule has 1 amide bonds. The smallest absolute Gasteiger partial charge is 0.356 e. The Morgan fingerprint density at radius 1 is 0.909 bits per heavy atom. The van der Waals surface area contributed by atoms with E-state index in [9.17, 15) is 14.4 Å². The number of amides is 1. The Hall–Kier alpha value is -3.90. The second-order valence-corrected chi connectivity index (χ2v) is 7.98. The molecule has 166 valence electrons. The van der Waals surface area contributed by atoms with Gasteiger partial charge in [0.1, 0.15) is 5.69 Å². The van der Waals surface area contributed by atoms with Crippen LogP contribution >= 0.6 is 11.6 Å². The van der Waals surface area contributed by atoms with Crippen LogP contribution in [0.3, 0.4) is 0 Å². The molecule has 33 heavy (non-hydrogen) atoms. The van der Waals surface area contributed by atoms with Crippen molar-refractivity contribution in [2.45, 2.75) is 13.0 Å². The van der Waals surface area contributed by atoms with Crippen molar-refractivity contribution in [3.8, 4) is 11.1 Å². The molecule has 0 saturated carbocycles. The van der Waals surface area contributed by atoms with Crippen molar-refractivity contribution in [1.82, 2.24) is 4.57 Å². The van der Waals surface area contributed by atoms with Crippen LogP contribution < -0.4 is 10.9 Å². The Morgan fingerprint density at radius 3 is 2.18 bits per heavy atom. The number of pyridine rings is 1. The molecule has 0 aliphatic carbocycles. The van der Waals surface area contributed by atoms with Crippen molar-refractivity contribution < 1.29 is 14.3 Å². The Morgan fingerprint density at radius 2 is 1.52 bits per heavy atom. The molecule has 1 atom stereocenters. The van der Waals surface area contributed by atoms with Gasteiger partial charge in [-0.2, -0.15) is 0 Å². The second kappa shape index (κ2) is 9.30. The summed E-state index contributed by atoms with van der Waals surface area (Å²) < 4.78 is 6.76. The molecule has 0 bridgehead atoms. The first-order chi connectivity index (χ1) is 15.9. The summed E-state index contributed by atoms with van der Waals surface area (Å²) in [5.74, 6) is -1.26. The number of hydrogen-bond acceptors (Lipinski definition) is 4. The number of para-hydroxylation sites is 1. The Labute approximate surface area is 195 Å². The maximum Gasteiger partial charge on any atom is 0.356 e. The summed E-state index contributed by atoms with van der Waals surface area (Å²) in [6, 6.07) is 22.9. The zero-order valence-electron chi connectivity index (χ0n) is 18.0. The minimum Gasteiger partial charge on any atom is -0.448 e. The molecule has 1 unspecified atom stereocenters. The molecular weight excluding hydrogens is 440 g/mol. The second-order valence-electron chi connectivity index (χ2n) is 7.54. The van der Waals surface area contributed by atoms with Crippen LogP contribution in [-0.2, 0) is 16.6 Å². The fourth-order valence-corrected chi connectivity index (χ4v) is 3.77. The van der Waals surface area contributed by atoms with Crippen LogP contribution in [0.5, 0.6) is 0 Å². The summed E-state index contributed by atoms with van der Waals surface area (Å²) >= 11 is 6.06. The molecule has 1 aromatic heterocycles. The van der Waals surface area contributed by atoms with E-state index < -0.39 is 18.0 Å². The van der Waals surface area contributed by atoms with E-state index in [1.807, 2.05) is 6.07 Å². The van der Waals surface area contributed by atoms with Crippen LogP contribution in [0.1, 0.15) is 17.4 Å². The summed E-state index contributed by atoms with van der Waals surface area (Å²) in [6.45, 7) is 1.48. The van der Waals surface area contributed by atoms with Gasteiger partial charge in [0.15, 0.2) is 6.10 Å². The highest BCUT2D eigenvalue weighted by atomic mass is 35.5. The molecule has 0 radical (unpaired) electrons. The maximum absolute atomic E-state index is 13.3. The van der Waals surface area contributed by atoms with Crippen molar-refractivity contribution in [2.75, 3.05) is 5.32 Å². The summed E-state index contributed by atoms with van der Waals surface area (Å²) in [7, 11) is 1.51. The van der Waals surface area contributed by atoms with E-state index in [0.29, 0.717) is 32.6 Å². The van der Waals surface area contributed by atoms with Crippen LogP contribution in [0.2, 0.25) is 5.02 Å². The van der Waals surface area contributed by atoms with Crippen molar-refractivity contribution in [3.63, 3.8) is 0 Å². The predicted octanol–water partition coefficient (Wildman–Crippen LogP) is 5.04. The van der Waals surface area contributed by atoms with Gasteiger partial charge in [-0.3, -0.25) is 9.59 Å². The number of carbonyl (C=O) groups is 2. The van der Waals surface area contributed by atoms with Gasteiger partial charge in [-0.15, -0.1) is 0 Å². The number of halogens is 1. The van der Waals surface area contributed by atoms with Gasteiger partial charge >= 0.3 is 5.97 Å². The molecule has 4 rings (SSSR count). The minimum atomic E-state index is -1.09. The summed E-state index contributed by atoms with van der Waals surface area (Å²) in [5, 5.41) is 4.33. The Balaban J connectivity index is 1.76.